The zero-order valence-corrected chi connectivity index (χ0v) is 14.4. The van der Waals surface area contributed by atoms with Crippen LogP contribution in [0.5, 0.6) is 5.75 Å². The lowest BCUT2D eigenvalue weighted by atomic mass is 9.95. The van der Waals surface area contributed by atoms with E-state index in [2.05, 4.69) is 33.0 Å². The second-order valence-corrected chi connectivity index (χ2v) is 6.41. The van der Waals surface area contributed by atoms with Gasteiger partial charge in [0.05, 0.1) is 12.5 Å². The van der Waals surface area contributed by atoms with Crippen LogP contribution in [0.25, 0.3) is 11.0 Å². The molecule has 6 nitrogen and oxygen atoms in total. The van der Waals surface area contributed by atoms with Gasteiger partial charge >= 0.3 is 0 Å². The number of para-hydroxylation sites is 1. The van der Waals surface area contributed by atoms with E-state index in [1.54, 1.807) is 7.11 Å². The Morgan fingerprint density at radius 3 is 3.00 bits per heavy atom. The summed E-state index contributed by atoms with van der Waals surface area (Å²) >= 11 is 0. The number of fused-ring (bicyclic) bond motifs is 1. The molecule has 3 N–H and O–H groups in total. The second kappa shape index (κ2) is 7.11. The van der Waals surface area contributed by atoms with Crippen LogP contribution in [-0.4, -0.2) is 35.4 Å². The number of piperidine rings is 1. The highest BCUT2D eigenvalue weighted by atomic mass is 16.5. The molecular weight excluding hydrogens is 314 g/mol. The quantitative estimate of drug-likeness (QED) is 0.667. The number of pyridine rings is 1. The van der Waals surface area contributed by atoms with E-state index in [0.29, 0.717) is 12.5 Å². The second-order valence-electron chi connectivity index (χ2n) is 6.41. The van der Waals surface area contributed by atoms with E-state index in [-0.39, 0.29) is 0 Å². The molecule has 1 fully saturated rings. The Balaban J connectivity index is 1.52. The molecule has 3 heterocycles. The molecule has 1 aliphatic rings. The highest BCUT2D eigenvalue weighted by Gasteiger charge is 2.18. The van der Waals surface area contributed by atoms with Crippen LogP contribution in [0.1, 0.15) is 30.0 Å². The van der Waals surface area contributed by atoms with Gasteiger partial charge in [0.1, 0.15) is 5.75 Å². The van der Waals surface area contributed by atoms with Crippen molar-refractivity contribution < 1.29 is 4.74 Å². The van der Waals surface area contributed by atoms with E-state index in [1.165, 1.54) is 12.8 Å². The maximum Gasteiger partial charge on any atom is 0.157 e. The number of anilines is 1. The number of nitrogens with zero attached hydrogens (tertiary/aromatic N) is 2. The minimum Gasteiger partial charge on any atom is -0.496 e. The van der Waals surface area contributed by atoms with Gasteiger partial charge in [0.15, 0.2) is 11.5 Å². The molecule has 6 heteroatoms. The van der Waals surface area contributed by atoms with Gasteiger partial charge in [-0.3, -0.25) is 5.10 Å². The smallest absolute Gasteiger partial charge is 0.157 e. The van der Waals surface area contributed by atoms with Crippen LogP contribution in [0.15, 0.2) is 36.4 Å². The van der Waals surface area contributed by atoms with Gasteiger partial charge in [0, 0.05) is 30.3 Å². The number of aromatic nitrogens is 3. The number of hydrogen-bond donors (Lipinski definition) is 3. The zero-order chi connectivity index (χ0) is 17.1. The zero-order valence-electron chi connectivity index (χ0n) is 14.4. The molecule has 0 amide bonds. The molecule has 25 heavy (non-hydrogen) atoms. The van der Waals surface area contributed by atoms with Crippen molar-refractivity contribution in [2.45, 2.75) is 25.3 Å². The molecule has 0 bridgehead atoms. The Morgan fingerprint density at radius 2 is 2.16 bits per heavy atom. The van der Waals surface area contributed by atoms with Gasteiger partial charge in [-0.05, 0) is 37.6 Å². The summed E-state index contributed by atoms with van der Waals surface area (Å²) in [7, 11) is 1.69. The third-order valence-corrected chi connectivity index (χ3v) is 4.80. The van der Waals surface area contributed by atoms with Crippen molar-refractivity contribution in [1.29, 1.82) is 0 Å². The highest BCUT2D eigenvalue weighted by molar-refractivity contribution is 5.87. The Morgan fingerprint density at radius 1 is 1.24 bits per heavy atom. The number of ether oxygens (including phenoxy) is 1. The molecule has 1 aromatic carbocycles. The summed E-state index contributed by atoms with van der Waals surface area (Å²) in [5, 5.41) is 15.3. The normalized spacial score (nSPS) is 17.6. The molecule has 3 aromatic rings. The molecule has 0 aliphatic carbocycles. The highest BCUT2D eigenvalue weighted by Crippen LogP contribution is 2.26. The van der Waals surface area contributed by atoms with Gasteiger partial charge in [-0.1, -0.05) is 18.2 Å². The molecule has 0 spiro atoms. The molecular formula is C19H23N5O. The van der Waals surface area contributed by atoms with Gasteiger partial charge < -0.3 is 15.4 Å². The topological polar surface area (TPSA) is 74.9 Å². The Labute approximate surface area is 147 Å². The summed E-state index contributed by atoms with van der Waals surface area (Å²) in [6.07, 6.45) is 2.40. The molecule has 4 rings (SSSR count). The van der Waals surface area contributed by atoms with E-state index in [9.17, 15) is 0 Å². The van der Waals surface area contributed by atoms with Crippen LogP contribution in [0.2, 0.25) is 0 Å². The lowest BCUT2D eigenvalue weighted by molar-refractivity contribution is 0.410. The maximum atomic E-state index is 5.40. The van der Waals surface area contributed by atoms with Crippen LogP contribution in [0.4, 0.5) is 5.82 Å². The minimum absolute atomic E-state index is 0.492. The van der Waals surface area contributed by atoms with Crippen LogP contribution < -0.4 is 15.4 Å². The lowest BCUT2D eigenvalue weighted by Gasteiger charge is -2.22. The van der Waals surface area contributed by atoms with Crippen molar-refractivity contribution in [2.24, 2.45) is 0 Å². The number of methoxy groups -OCH3 is 1. The third kappa shape index (κ3) is 3.30. The van der Waals surface area contributed by atoms with Crippen molar-refractivity contribution in [3.63, 3.8) is 0 Å². The molecule has 1 saturated heterocycles. The van der Waals surface area contributed by atoms with E-state index in [1.807, 2.05) is 24.3 Å². The van der Waals surface area contributed by atoms with Crippen LogP contribution >= 0.6 is 0 Å². The summed E-state index contributed by atoms with van der Waals surface area (Å²) in [5.41, 5.74) is 3.07. The Bertz CT molecular complexity index is 854. The predicted molar refractivity (Wildman–Crippen MR) is 99.1 cm³/mol. The molecule has 0 radical (unpaired) electrons. The van der Waals surface area contributed by atoms with Crippen LogP contribution in [-0.2, 0) is 6.54 Å². The monoisotopic (exact) mass is 337 g/mol. The first-order chi connectivity index (χ1) is 12.3. The molecule has 1 unspecified atom stereocenters. The lowest BCUT2D eigenvalue weighted by Crippen LogP contribution is -2.28. The summed E-state index contributed by atoms with van der Waals surface area (Å²) < 4.78 is 5.40. The van der Waals surface area contributed by atoms with Crippen molar-refractivity contribution in [2.75, 3.05) is 25.5 Å². The first-order valence-electron chi connectivity index (χ1n) is 8.76. The average molecular weight is 337 g/mol. The molecule has 130 valence electrons. The first-order valence-corrected chi connectivity index (χ1v) is 8.76. The first kappa shape index (κ1) is 15.9. The number of rotatable bonds is 5. The third-order valence-electron chi connectivity index (χ3n) is 4.80. The number of nitrogens with one attached hydrogen (secondary N) is 3. The van der Waals surface area contributed by atoms with Gasteiger partial charge in [0.25, 0.3) is 0 Å². The summed E-state index contributed by atoms with van der Waals surface area (Å²) in [5.74, 6) is 2.19. The van der Waals surface area contributed by atoms with Gasteiger partial charge in [0.2, 0.25) is 0 Å². The maximum absolute atomic E-state index is 5.40. The van der Waals surface area contributed by atoms with E-state index >= 15 is 0 Å². The van der Waals surface area contributed by atoms with Gasteiger partial charge in [-0.15, -0.1) is 0 Å². The van der Waals surface area contributed by atoms with E-state index in [0.717, 1.165) is 46.9 Å². The standard InChI is InChI=1S/C19H23N5O/c1-25-17-7-3-2-5-14(17)12-21-18-15-8-9-16(22-19(15)24-23-18)13-6-4-10-20-11-13/h2-3,5,7-9,13,20H,4,6,10-12H2,1H3,(H2,21,22,23,24). The van der Waals surface area contributed by atoms with Crippen LogP contribution in [0, 0.1) is 0 Å². The van der Waals surface area contributed by atoms with Gasteiger partial charge in [-0.2, -0.15) is 5.10 Å². The van der Waals surface area contributed by atoms with Crippen molar-refractivity contribution >= 4 is 16.9 Å². The molecule has 1 atom stereocenters. The molecule has 0 saturated carbocycles. The molecule has 2 aromatic heterocycles. The summed E-state index contributed by atoms with van der Waals surface area (Å²) in [4.78, 5) is 4.79. The van der Waals surface area contributed by atoms with E-state index in [4.69, 9.17) is 9.72 Å². The SMILES string of the molecule is COc1ccccc1CNc1n[nH]c2nc(C3CCCNC3)ccc12. The minimum atomic E-state index is 0.492. The molecule has 1 aliphatic heterocycles. The Kier molecular flexibility index (Phi) is 4.52. The summed E-state index contributed by atoms with van der Waals surface area (Å²) in [6.45, 7) is 2.77. The van der Waals surface area contributed by atoms with Crippen molar-refractivity contribution in [3.05, 3.63) is 47.7 Å². The van der Waals surface area contributed by atoms with E-state index < -0.39 is 0 Å². The number of hydrogen-bond acceptors (Lipinski definition) is 5. The predicted octanol–water partition coefficient (Wildman–Crippen LogP) is 3.05. The number of H-pyrrole nitrogens is 1. The average Bonchev–Trinajstić information content (AvgIpc) is 3.09. The van der Waals surface area contributed by atoms with Crippen molar-refractivity contribution in [1.82, 2.24) is 20.5 Å². The fraction of sp³-hybridized carbons (Fsp3) is 0.368. The summed E-state index contributed by atoms with van der Waals surface area (Å²) in [6, 6.07) is 12.2. The fourth-order valence-electron chi connectivity index (χ4n) is 3.41. The van der Waals surface area contributed by atoms with Crippen LogP contribution in [0.3, 0.4) is 0 Å². The Hall–Kier alpha value is -2.60. The van der Waals surface area contributed by atoms with Crippen molar-refractivity contribution in [3.8, 4) is 5.75 Å². The number of benzene rings is 1. The fourth-order valence-corrected chi connectivity index (χ4v) is 3.41. The largest absolute Gasteiger partial charge is 0.496 e. The van der Waals surface area contributed by atoms with Gasteiger partial charge in [-0.25, -0.2) is 4.98 Å². The number of aromatic amines is 1.